The Morgan fingerprint density at radius 1 is 1.06 bits per heavy atom. The Kier molecular flexibility index (Phi) is 8.40. The van der Waals surface area contributed by atoms with Crippen LogP contribution in [0.1, 0.15) is 56.6 Å². The third-order valence-electron chi connectivity index (χ3n) is 6.01. The quantitative estimate of drug-likeness (QED) is 0.457. The number of nitrogens with zero attached hydrogens (tertiary/aromatic N) is 1. The van der Waals surface area contributed by atoms with Crippen LogP contribution in [0, 0.1) is 13.8 Å². The second kappa shape index (κ2) is 11.3. The number of hydrogen-bond donors (Lipinski definition) is 2. The average molecular weight is 485 g/mol. The number of carbonyl (C=O) groups excluding carboxylic acids is 1. The Balaban J connectivity index is 0.000000429. The third-order valence-corrected chi connectivity index (χ3v) is 6.01. The van der Waals surface area contributed by atoms with E-state index in [-0.39, 0.29) is 11.7 Å². The maximum atomic E-state index is 13.1. The molecule has 0 radical (unpaired) electrons. The van der Waals surface area contributed by atoms with E-state index >= 15 is 0 Å². The van der Waals surface area contributed by atoms with Crippen molar-refractivity contribution in [2.45, 2.75) is 38.3 Å². The van der Waals surface area contributed by atoms with Gasteiger partial charge in [-0.1, -0.05) is 48.5 Å². The van der Waals surface area contributed by atoms with E-state index < -0.39 is 12.1 Å². The van der Waals surface area contributed by atoms with Crippen molar-refractivity contribution in [3.05, 3.63) is 100 Å². The summed E-state index contributed by atoms with van der Waals surface area (Å²) in [7, 11) is 0. The number of Topliss-reactive ketones (excluding diaryl/α,β-unsaturated/α-hetero) is 1. The lowest BCUT2D eigenvalue weighted by molar-refractivity contribution is -0.192. The maximum absolute atomic E-state index is 13.1. The first kappa shape index (κ1) is 26.1. The number of carbonyl (C=O) groups is 2. The lowest BCUT2D eigenvalue weighted by Crippen LogP contribution is -2.39. The summed E-state index contributed by atoms with van der Waals surface area (Å²) in [6, 6.07) is 20.9. The minimum atomic E-state index is -5.08. The number of benzene rings is 2. The molecule has 0 unspecified atom stereocenters. The Bertz CT molecular complexity index is 1170. The van der Waals surface area contributed by atoms with Crippen LogP contribution in [0.5, 0.6) is 0 Å². The van der Waals surface area contributed by atoms with Crippen molar-refractivity contribution in [2.24, 2.45) is 0 Å². The predicted octanol–water partition coefficient (Wildman–Crippen LogP) is 5.42. The van der Waals surface area contributed by atoms with Gasteiger partial charge in [0.05, 0.1) is 0 Å². The molecule has 1 aromatic heterocycles. The minimum Gasteiger partial charge on any atom is -0.475 e. The van der Waals surface area contributed by atoms with Crippen LogP contribution < -0.4 is 5.32 Å². The predicted molar refractivity (Wildman–Crippen MR) is 127 cm³/mol. The van der Waals surface area contributed by atoms with Gasteiger partial charge in [0, 0.05) is 48.8 Å². The van der Waals surface area contributed by atoms with Gasteiger partial charge in [-0.15, -0.1) is 0 Å². The van der Waals surface area contributed by atoms with Crippen LogP contribution in [0.25, 0.3) is 0 Å². The molecule has 1 aliphatic heterocycles. The zero-order chi connectivity index (χ0) is 25.6. The van der Waals surface area contributed by atoms with E-state index in [4.69, 9.17) is 9.90 Å². The highest BCUT2D eigenvalue weighted by Gasteiger charge is 2.38. The highest BCUT2D eigenvalue weighted by atomic mass is 19.4. The number of aliphatic carboxylic acids is 1. The zero-order valence-electron chi connectivity index (χ0n) is 19.5. The van der Waals surface area contributed by atoms with Crippen molar-refractivity contribution in [2.75, 3.05) is 13.1 Å². The minimum absolute atomic E-state index is 0.0516. The van der Waals surface area contributed by atoms with Crippen molar-refractivity contribution in [3.63, 3.8) is 0 Å². The number of aromatic nitrogens is 1. The number of aryl methyl sites for hydroxylation is 2. The smallest absolute Gasteiger partial charge is 0.475 e. The molecule has 2 N–H and O–H groups in total. The molecule has 0 saturated carbocycles. The first-order valence-corrected chi connectivity index (χ1v) is 11.2. The number of alkyl halides is 3. The molecule has 1 fully saturated rings. The Morgan fingerprint density at radius 3 is 2.20 bits per heavy atom. The van der Waals surface area contributed by atoms with E-state index in [0.717, 1.165) is 24.3 Å². The SMILES string of the molecule is Cc1cc(C(=O)C[C@H](c2ccc(C3CNC3)cc2)c2ccccc2C)ccn1.O=C(O)C(F)(F)F. The molecule has 1 saturated heterocycles. The Hall–Kier alpha value is -3.52. The normalized spacial score (nSPS) is 14.3. The van der Waals surface area contributed by atoms with Gasteiger partial charge in [0.15, 0.2) is 5.78 Å². The third kappa shape index (κ3) is 6.99. The molecule has 2 aromatic carbocycles. The van der Waals surface area contributed by atoms with Gasteiger partial charge in [-0.2, -0.15) is 13.2 Å². The summed E-state index contributed by atoms with van der Waals surface area (Å²) in [5.74, 6) is -1.93. The number of ketones is 1. The van der Waals surface area contributed by atoms with Gasteiger partial charge in [-0.3, -0.25) is 9.78 Å². The molecule has 2 heterocycles. The molecule has 8 heteroatoms. The number of pyridine rings is 1. The molecule has 0 bridgehead atoms. The number of hydrogen-bond acceptors (Lipinski definition) is 4. The van der Waals surface area contributed by atoms with Crippen molar-refractivity contribution in [1.29, 1.82) is 0 Å². The van der Waals surface area contributed by atoms with Crippen molar-refractivity contribution < 1.29 is 27.9 Å². The number of nitrogens with one attached hydrogen (secondary N) is 1. The first-order valence-electron chi connectivity index (χ1n) is 11.2. The van der Waals surface area contributed by atoms with E-state index in [1.54, 1.807) is 6.20 Å². The summed E-state index contributed by atoms with van der Waals surface area (Å²) in [5, 5.41) is 10.5. The lowest BCUT2D eigenvalue weighted by atomic mass is 9.82. The zero-order valence-corrected chi connectivity index (χ0v) is 19.5. The molecule has 5 nitrogen and oxygen atoms in total. The van der Waals surface area contributed by atoms with Gasteiger partial charge >= 0.3 is 12.1 Å². The van der Waals surface area contributed by atoms with Crippen LogP contribution >= 0.6 is 0 Å². The molecule has 1 aliphatic rings. The fraction of sp³-hybridized carbons (Fsp3) is 0.296. The Morgan fingerprint density at radius 2 is 1.69 bits per heavy atom. The van der Waals surface area contributed by atoms with Crippen LogP contribution in [0.15, 0.2) is 66.9 Å². The molecule has 3 aromatic rings. The lowest BCUT2D eigenvalue weighted by Gasteiger charge is -2.28. The number of carboxylic acid groups (broad SMARTS) is 1. The van der Waals surface area contributed by atoms with Crippen LogP contribution in [-0.2, 0) is 4.79 Å². The van der Waals surface area contributed by atoms with Crippen LogP contribution in [0.2, 0.25) is 0 Å². The summed E-state index contributed by atoms with van der Waals surface area (Å²) < 4.78 is 31.7. The molecule has 4 rings (SSSR count). The monoisotopic (exact) mass is 484 g/mol. The molecule has 0 amide bonds. The summed E-state index contributed by atoms with van der Waals surface area (Å²) in [6.07, 6.45) is -2.91. The summed E-state index contributed by atoms with van der Waals surface area (Å²) in [5.41, 5.74) is 6.63. The van der Waals surface area contributed by atoms with Gasteiger partial charge in [-0.05, 0) is 48.2 Å². The van der Waals surface area contributed by atoms with Gasteiger partial charge in [0.25, 0.3) is 0 Å². The summed E-state index contributed by atoms with van der Waals surface area (Å²) >= 11 is 0. The molecular weight excluding hydrogens is 457 g/mol. The fourth-order valence-electron chi connectivity index (χ4n) is 3.93. The van der Waals surface area contributed by atoms with Crippen LogP contribution in [0.3, 0.4) is 0 Å². The Labute approximate surface area is 202 Å². The van der Waals surface area contributed by atoms with Crippen LogP contribution in [0.4, 0.5) is 13.2 Å². The first-order chi connectivity index (χ1) is 16.6. The average Bonchev–Trinajstić information content (AvgIpc) is 2.77. The summed E-state index contributed by atoms with van der Waals surface area (Å²) in [4.78, 5) is 26.2. The second-order valence-electron chi connectivity index (χ2n) is 8.55. The fourth-order valence-corrected chi connectivity index (χ4v) is 3.93. The molecule has 184 valence electrons. The molecule has 0 aliphatic carbocycles. The van der Waals surface area contributed by atoms with Crippen molar-refractivity contribution in [3.8, 4) is 0 Å². The van der Waals surface area contributed by atoms with Gasteiger partial charge in [-0.25, -0.2) is 4.79 Å². The van der Waals surface area contributed by atoms with E-state index in [1.165, 1.54) is 22.3 Å². The number of carboxylic acids is 1. The largest absolute Gasteiger partial charge is 0.490 e. The second-order valence-corrected chi connectivity index (χ2v) is 8.55. The van der Waals surface area contributed by atoms with E-state index in [9.17, 15) is 18.0 Å². The molecule has 1 atom stereocenters. The molecular formula is C27H27F3N2O3. The number of rotatable bonds is 6. The summed E-state index contributed by atoms with van der Waals surface area (Å²) in [6.45, 7) is 6.16. The van der Waals surface area contributed by atoms with Crippen molar-refractivity contribution >= 4 is 11.8 Å². The highest BCUT2D eigenvalue weighted by Crippen LogP contribution is 2.33. The highest BCUT2D eigenvalue weighted by molar-refractivity contribution is 5.96. The van der Waals surface area contributed by atoms with Gasteiger partial charge < -0.3 is 10.4 Å². The van der Waals surface area contributed by atoms with E-state index in [0.29, 0.717) is 12.3 Å². The van der Waals surface area contributed by atoms with E-state index in [2.05, 4.69) is 65.8 Å². The van der Waals surface area contributed by atoms with E-state index in [1.807, 2.05) is 19.1 Å². The van der Waals surface area contributed by atoms with Crippen molar-refractivity contribution in [1.82, 2.24) is 10.3 Å². The van der Waals surface area contributed by atoms with Gasteiger partial charge in [0.1, 0.15) is 0 Å². The topological polar surface area (TPSA) is 79.3 Å². The standard InChI is InChI=1S/C25H26N2O.C2HF3O2/c1-17-5-3-4-6-23(17)24(14-25(28)21-11-12-27-18(2)13-21)20-9-7-19(8-10-20)22-15-26-16-22;3-2(4,5)1(6)7/h3-13,22,24,26H,14-16H2,1-2H3;(H,6,7)/t24-;/m1./s1. The number of halogens is 3. The maximum Gasteiger partial charge on any atom is 0.490 e. The molecule has 35 heavy (non-hydrogen) atoms. The molecule has 0 spiro atoms. The van der Waals surface area contributed by atoms with Gasteiger partial charge in [0.2, 0.25) is 0 Å². The van der Waals surface area contributed by atoms with Crippen LogP contribution in [-0.4, -0.2) is 41.1 Å².